The molecule has 136 valence electrons. The van der Waals surface area contributed by atoms with Crippen molar-refractivity contribution in [1.29, 1.82) is 0 Å². The molecule has 2 heterocycles. The summed E-state index contributed by atoms with van der Waals surface area (Å²) >= 11 is 0. The number of nitrogens with zero attached hydrogens (tertiary/aromatic N) is 1. The minimum atomic E-state index is -0.411. The van der Waals surface area contributed by atoms with Crippen LogP contribution in [0, 0.1) is 13.8 Å². The molecule has 0 spiro atoms. The number of aryl methyl sites for hydroxylation is 1. The van der Waals surface area contributed by atoms with Crippen LogP contribution in [0.4, 0.5) is 0 Å². The molecule has 1 aromatic carbocycles. The van der Waals surface area contributed by atoms with E-state index in [1.807, 2.05) is 19.9 Å². The predicted octanol–water partition coefficient (Wildman–Crippen LogP) is 2.29. The highest BCUT2D eigenvalue weighted by Gasteiger charge is 2.28. The number of aromatic nitrogens is 1. The van der Waals surface area contributed by atoms with Crippen LogP contribution >= 0.6 is 0 Å². The number of carbonyl (C=O) groups excluding carboxylic acids is 2. The summed E-state index contributed by atoms with van der Waals surface area (Å²) in [5.74, 6) is 0.412. The molecule has 2 amide bonds. The average Bonchev–Trinajstić information content (AvgIpc) is 3.43. The van der Waals surface area contributed by atoms with Gasteiger partial charge in [0.25, 0.3) is 11.8 Å². The standard InChI is InChI=1S/C19H21N3O4/c1-11-9-15(12(2)22(11)14-4-5-14)19(24)21-20-18(23)13-3-6-16-17(10-13)26-8-7-25-16/h3,6,9-10,14H,4-5,7-8H2,1-2H3,(H,20,23)(H,21,24). The highest BCUT2D eigenvalue weighted by atomic mass is 16.6. The molecule has 0 atom stereocenters. The van der Waals surface area contributed by atoms with Gasteiger partial charge in [-0.1, -0.05) is 0 Å². The van der Waals surface area contributed by atoms with Crippen molar-refractivity contribution in [3.05, 3.63) is 46.8 Å². The maximum atomic E-state index is 12.5. The number of fused-ring (bicyclic) bond motifs is 1. The van der Waals surface area contributed by atoms with Gasteiger partial charge in [0, 0.05) is 23.0 Å². The third kappa shape index (κ3) is 3.00. The van der Waals surface area contributed by atoms with Crippen LogP contribution < -0.4 is 20.3 Å². The third-order valence-corrected chi connectivity index (χ3v) is 4.73. The maximum Gasteiger partial charge on any atom is 0.271 e. The fourth-order valence-corrected chi connectivity index (χ4v) is 3.34. The van der Waals surface area contributed by atoms with Crippen LogP contribution in [0.25, 0.3) is 0 Å². The molecule has 2 N–H and O–H groups in total. The molecular weight excluding hydrogens is 334 g/mol. The molecule has 7 nitrogen and oxygen atoms in total. The number of ether oxygens (including phenoxy) is 2. The molecule has 2 aliphatic rings. The molecular formula is C19H21N3O4. The van der Waals surface area contributed by atoms with Gasteiger partial charge < -0.3 is 14.0 Å². The van der Waals surface area contributed by atoms with E-state index in [2.05, 4.69) is 15.4 Å². The molecule has 0 unspecified atom stereocenters. The van der Waals surface area contributed by atoms with Crippen molar-refractivity contribution < 1.29 is 19.1 Å². The fourth-order valence-electron chi connectivity index (χ4n) is 3.34. The summed E-state index contributed by atoms with van der Waals surface area (Å²) < 4.78 is 13.1. The minimum absolute atomic E-state index is 0.323. The summed E-state index contributed by atoms with van der Waals surface area (Å²) in [5, 5.41) is 0. The third-order valence-electron chi connectivity index (χ3n) is 4.73. The van der Waals surface area contributed by atoms with Gasteiger partial charge >= 0.3 is 0 Å². The zero-order valence-corrected chi connectivity index (χ0v) is 14.8. The van der Waals surface area contributed by atoms with Gasteiger partial charge in [-0.2, -0.15) is 0 Å². The lowest BCUT2D eigenvalue weighted by Crippen LogP contribution is -2.41. The molecule has 0 bridgehead atoms. The second-order valence-corrected chi connectivity index (χ2v) is 6.65. The van der Waals surface area contributed by atoms with Crippen molar-refractivity contribution in [3.63, 3.8) is 0 Å². The van der Waals surface area contributed by atoms with Crippen molar-refractivity contribution in [2.75, 3.05) is 13.2 Å². The Hall–Kier alpha value is -2.96. The van der Waals surface area contributed by atoms with Gasteiger partial charge in [-0.3, -0.25) is 20.4 Å². The Labute approximate surface area is 151 Å². The van der Waals surface area contributed by atoms with Gasteiger partial charge in [-0.25, -0.2) is 0 Å². The van der Waals surface area contributed by atoms with Gasteiger partial charge in [0.05, 0.1) is 5.56 Å². The molecule has 26 heavy (non-hydrogen) atoms. The normalized spacial score (nSPS) is 15.5. The SMILES string of the molecule is Cc1cc(C(=O)NNC(=O)c2ccc3c(c2)OCCO3)c(C)n1C1CC1. The molecule has 1 aliphatic carbocycles. The van der Waals surface area contributed by atoms with E-state index >= 15 is 0 Å². The molecule has 2 aromatic rings. The van der Waals surface area contributed by atoms with Gasteiger partial charge in [-0.15, -0.1) is 0 Å². The first kappa shape index (κ1) is 16.5. The lowest BCUT2D eigenvalue weighted by molar-refractivity contribution is 0.0845. The fraction of sp³-hybridized carbons (Fsp3) is 0.368. The number of hydrogen-bond acceptors (Lipinski definition) is 4. The summed E-state index contributed by atoms with van der Waals surface area (Å²) in [6.45, 7) is 4.87. The van der Waals surface area contributed by atoms with Gasteiger partial charge in [0.2, 0.25) is 0 Å². The van der Waals surface area contributed by atoms with Crippen LogP contribution in [0.5, 0.6) is 11.5 Å². The highest BCUT2D eigenvalue weighted by Crippen LogP contribution is 2.38. The molecule has 1 saturated carbocycles. The Balaban J connectivity index is 1.43. The number of rotatable bonds is 3. The molecule has 1 aromatic heterocycles. The van der Waals surface area contributed by atoms with Crippen molar-refractivity contribution in [3.8, 4) is 11.5 Å². The number of hydrazine groups is 1. The summed E-state index contributed by atoms with van der Waals surface area (Å²) in [6, 6.07) is 7.29. The lowest BCUT2D eigenvalue weighted by atomic mass is 10.2. The Morgan fingerprint density at radius 1 is 1.00 bits per heavy atom. The zero-order valence-electron chi connectivity index (χ0n) is 14.8. The largest absolute Gasteiger partial charge is 0.486 e. The summed E-state index contributed by atoms with van der Waals surface area (Å²) in [5.41, 5.74) is 7.91. The monoisotopic (exact) mass is 355 g/mol. The number of hydrogen-bond donors (Lipinski definition) is 2. The number of nitrogens with one attached hydrogen (secondary N) is 2. The molecule has 0 saturated heterocycles. The maximum absolute atomic E-state index is 12.5. The van der Waals surface area contributed by atoms with Crippen LogP contribution in [-0.2, 0) is 0 Å². The number of carbonyl (C=O) groups is 2. The molecule has 0 radical (unpaired) electrons. The lowest BCUT2D eigenvalue weighted by Gasteiger charge is -2.18. The Morgan fingerprint density at radius 3 is 2.42 bits per heavy atom. The van der Waals surface area contributed by atoms with Crippen molar-refractivity contribution in [2.24, 2.45) is 0 Å². The average molecular weight is 355 g/mol. The molecule has 7 heteroatoms. The second-order valence-electron chi connectivity index (χ2n) is 6.65. The highest BCUT2D eigenvalue weighted by molar-refractivity contribution is 6.00. The van der Waals surface area contributed by atoms with Crippen molar-refractivity contribution in [1.82, 2.24) is 15.4 Å². The smallest absolute Gasteiger partial charge is 0.271 e. The molecule has 4 rings (SSSR count). The van der Waals surface area contributed by atoms with Gasteiger partial charge in [-0.05, 0) is 51.0 Å². The van der Waals surface area contributed by atoms with Crippen LogP contribution in [0.15, 0.2) is 24.3 Å². The second kappa shape index (κ2) is 6.40. The molecule has 1 fully saturated rings. The zero-order chi connectivity index (χ0) is 18.3. The van der Waals surface area contributed by atoms with E-state index in [9.17, 15) is 9.59 Å². The topological polar surface area (TPSA) is 81.6 Å². The van der Waals surface area contributed by atoms with E-state index in [-0.39, 0.29) is 5.91 Å². The summed E-state index contributed by atoms with van der Waals surface area (Å²) in [7, 11) is 0. The van der Waals surface area contributed by atoms with Crippen LogP contribution in [0.3, 0.4) is 0 Å². The minimum Gasteiger partial charge on any atom is -0.486 e. The van der Waals surface area contributed by atoms with Crippen LogP contribution in [0.1, 0.15) is 51.0 Å². The van der Waals surface area contributed by atoms with Crippen molar-refractivity contribution in [2.45, 2.75) is 32.7 Å². The predicted molar refractivity (Wildman–Crippen MR) is 94.5 cm³/mol. The summed E-state index contributed by atoms with van der Waals surface area (Å²) in [6.07, 6.45) is 2.30. The van der Waals surface area contributed by atoms with Crippen LogP contribution in [0.2, 0.25) is 0 Å². The number of amides is 2. The Kier molecular flexibility index (Phi) is 4.06. The Morgan fingerprint density at radius 2 is 1.69 bits per heavy atom. The van der Waals surface area contributed by atoms with E-state index in [1.54, 1.807) is 18.2 Å². The Bertz CT molecular complexity index is 883. The first-order valence-corrected chi connectivity index (χ1v) is 8.73. The molecule has 1 aliphatic heterocycles. The van der Waals surface area contributed by atoms with E-state index in [0.717, 1.165) is 24.2 Å². The van der Waals surface area contributed by atoms with Gasteiger partial charge in [0.15, 0.2) is 11.5 Å². The number of benzene rings is 1. The summed E-state index contributed by atoms with van der Waals surface area (Å²) in [4.78, 5) is 24.8. The van der Waals surface area contributed by atoms with Gasteiger partial charge in [0.1, 0.15) is 13.2 Å². The van der Waals surface area contributed by atoms with E-state index in [0.29, 0.717) is 41.9 Å². The van der Waals surface area contributed by atoms with E-state index in [1.165, 1.54) is 0 Å². The first-order valence-electron chi connectivity index (χ1n) is 8.73. The van der Waals surface area contributed by atoms with E-state index < -0.39 is 5.91 Å². The quantitative estimate of drug-likeness (QED) is 0.828. The first-order chi connectivity index (χ1) is 12.5. The van der Waals surface area contributed by atoms with E-state index in [4.69, 9.17) is 9.47 Å². The van der Waals surface area contributed by atoms with Crippen molar-refractivity contribution >= 4 is 11.8 Å². The van der Waals surface area contributed by atoms with Crippen LogP contribution in [-0.4, -0.2) is 29.6 Å².